The molecule has 13 heteroatoms. The Morgan fingerprint density at radius 2 is 2.04 bits per heavy atom. The zero-order valence-corrected chi connectivity index (χ0v) is 14.0. The van der Waals surface area contributed by atoms with Gasteiger partial charge in [-0.15, -0.1) is 0 Å². The molecule has 0 unspecified atom stereocenters. The van der Waals surface area contributed by atoms with Crippen molar-refractivity contribution < 1.29 is 27.4 Å². The van der Waals surface area contributed by atoms with Crippen LogP contribution in [0.2, 0.25) is 0 Å². The van der Waals surface area contributed by atoms with Crippen molar-refractivity contribution in [2.24, 2.45) is 21.6 Å². The van der Waals surface area contributed by atoms with Crippen molar-refractivity contribution in [1.29, 1.82) is 0 Å². The Kier molecular flexibility index (Phi) is 3.52. The number of nitrogens with zero attached hydrogens (tertiary/aromatic N) is 2. The monoisotopic (exact) mass is 364 g/mol. The van der Waals surface area contributed by atoms with E-state index in [1.807, 2.05) is 6.92 Å². The summed E-state index contributed by atoms with van der Waals surface area (Å²) in [5.41, 5.74) is 10.2. The predicted octanol–water partition coefficient (Wildman–Crippen LogP) is -4.65. The van der Waals surface area contributed by atoms with Gasteiger partial charge in [0.05, 0.1) is 0 Å². The molecule has 0 bridgehead atoms. The first-order chi connectivity index (χ1) is 11.0. The standard InChI is InChI=1S/C11H21N7O5S/c1-3-5-6-10(17-8(12)16-6)11(19,20)7(23-24(14,21)22)4(2)18(10)9(13)15-5/h4-7,19-20H,3H2,1-2H3,(H7,12,13,14,15,16,17,21,22)/p+1/t4-,5-,6-,7-,10-/m0/s1. The van der Waals surface area contributed by atoms with Gasteiger partial charge in [0.1, 0.15) is 18.1 Å². The van der Waals surface area contributed by atoms with Crippen LogP contribution in [0, 0.1) is 0 Å². The van der Waals surface area contributed by atoms with Gasteiger partial charge in [-0.25, -0.2) is 18.9 Å². The van der Waals surface area contributed by atoms with Crippen LogP contribution < -0.4 is 27.2 Å². The third-order valence-corrected chi connectivity index (χ3v) is 5.34. The average molecular weight is 364 g/mol. The lowest BCUT2D eigenvalue weighted by Crippen LogP contribution is -2.78. The van der Waals surface area contributed by atoms with E-state index in [0.29, 0.717) is 6.42 Å². The van der Waals surface area contributed by atoms with E-state index in [9.17, 15) is 18.6 Å². The van der Waals surface area contributed by atoms with Crippen LogP contribution in [0.4, 0.5) is 0 Å². The molecular formula is C11H22N7O5S+. The summed E-state index contributed by atoms with van der Waals surface area (Å²) < 4.78 is 28.9. The Bertz CT molecular complexity index is 735. The first-order valence-corrected chi connectivity index (χ1v) is 8.88. The topological polar surface area (TPSA) is 201 Å². The molecule has 0 aromatic carbocycles. The predicted molar refractivity (Wildman–Crippen MR) is 82.6 cm³/mol. The van der Waals surface area contributed by atoms with Crippen molar-refractivity contribution in [3.05, 3.63) is 0 Å². The second-order valence-electron chi connectivity index (χ2n) is 6.24. The molecule has 0 saturated carbocycles. The van der Waals surface area contributed by atoms with Crippen LogP contribution in [-0.4, -0.2) is 70.8 Å². The van der Waals surface area contributed by atoms with E-state index in [2.05, 4.69) is 15.6 Å². The van der Waals surface area contributed by atoms with Crippen LogP contribution in [0.3, 0.4) is 0 Å². The molecule has 0 amide bonds. The second-order valence-corrected chi connectivity index (χ2v) is 7.42. The molecule has 1 fully saturated rings. The number of nitrogens with one attached hydrogen (secondary N) is 2. The quantitative estimate of drug-likeness (QED) is 0.190. The maximum absolute atomic E-state index is 11.4. The SMILES string of the molecule is CC[C@@H]1NC(N)=[N+]2[C@@H](C)[C@H](OS(N)(=O)=O)C(O)(O)[C@@]23NC(N)=N[C@@H]13. The summed E-state index contributed by atoms with van der Waals surface area (Å²) in [6.07, 6.45) is -1.05. The molecule has 0 aliphatic carbocycles. The van der Waals surface area contributed by atoms with Gasteiger partial charge in [0.2, 0.25) is 5.66 Å². The molecule has 12 nitrogen and oxygen atoms in total. The zero-order valence-electron chi connectivity index (χ0n) is 13.2. The van der Waals surface area contributed by atoms with Gasteiger partial charge >= 0.3 is 16.3 Å². The smallest absolute Gasteiger partial charge is 0.346 e. The molecule has 5 atom stereocenters. The van der Waals surface area contributed by atoms with Gasteiger partial charge < -0.3 is 21.3 Å². The number of aliphatic imine (C=N–C) groups is 1. The van der Waals surface area contributed by atoms with Crippen molar-refractivity contribution in [2.75, 3.05) is 0 Å². The lowest BCUT2D eigenvalue weighted by molar-refractivity contribution is -0.646. The van der Waals surface area contributed by atoms with Gasteiger partial charge in [-0.2, -0.15) is 8.42 Å². The number of guanidine groups is 2. The minimum Gasteiger partial charge on any atom is -0.370 e. The molecule has 3 rings (SSSR count). The van der Waals surface area contributed by atoms with Crippen molar-refractivity contribution >= 4 is 22.2 Å². The van der Waals surface area contributed by atoms with E-state index in [1.165, 1.54) is 11.5 Å². The van der Waals surface area contributed by atoms with Gasteiger partial charge in [-0.1, -0.05) is 6.92 Å². The molecule has 1 spiro atoms. The van der Waals surface area contributed by atoms with Gasteiger partial charge in [0, 0.05) is 0 Å². The molecule has 10 N–H and O–H groups in total. The van der Waals surface area contributed by atoms with Crippen LogP contribution in [-0.2, 0) is 14.5 Å². The molecule has 0 aromatic heterocycles. The first kappa shape index (κ1) is 17.2. The summed E-state index contributed by atoms with van der Waals surface area (Å²) in [7, 11) is -4.45. The molecule has 3 heterocycles. The highest BCUT2D eigenvalue weighted by molar-refractivity contribution is 7.84. The highest BCUT2D eigenvalue weighted by atomic mass is 32.2. The van der Waals surface area contributed by atoms with Crippen LogP contribution in [0.5, 0.6) is 0 Å². The van der Waals surface area contributed by atoms with Crippen molar-refractivity contribution in [3.63, 3.8) is 0 Å². The molecule has 136 valence electrons. The van der Waals surface area contributed by atoms with Gasteiger partial charge in [-0.3, -0.25) is 11.1 Å². The Labute approximate surface area is 138 Å². The zero-order chi connectivity index (χ0) is 18.1. The summed E-state index contributed by atoms with van der Waals surface area (Å²) in [4.78, 5) is 4.25. The fraction of sp³-hybridized carbons (Fsp3) is 0.818. The number of hydrogen-bond donors (Lipinski definition) is 7. The molecule has 0 aromatic rings. The minimum absolute atomic E-state index is 0.0177. The number of nitrogens with two attached hydrogens (primary N) is 3. The highest BCUT2D eigenvalue weighted by Crippen LogP contribution is 2.45. The van der Waals surface area contributed by atoms with Gasteiger partial charge in [0.25, 0.3) is 5.79 Å². The van der Waals surface area contributed by atoms with E-state index < -0.39 is 39.9 Å². The molecule has 24 heavy (non-hydrogen) atoms. The molecule has 3 aliphatic heterocycles. The van der Waals surface area contributed by atoms with E-state index in [1.54, 1.807) is 0 Å². The Morgan fingerprint density at radius 1 is 1.42 bits per heavy atom. The molecule has 1 saturated heterocycles. The van der Waals surface area contributed by atoms with Gasteiger partial charge in [0.15, 0.2) is 12.1 Å². The van der Waals surface area contributed by atoms with E-state index in [0.717, 1.165) is 0 Å². The fourth-order valence-electron chi connectivity index (χ4n) is 3.99. The molecular weight excluding hydrogens is 342 g/mol. The van der Waals surface area contributed by atoms with Crippen LogP contribution in [0.15, 0.2) is 4.99 Å². The van der Waals surface area contributed by atoms with Crippen LogP contribution in [0.1, 0.15) is 20.3 Å². The van der Waals surface area contributed by atoms with Crippen molar-refractivity contribution in [2.45, 2.75) is 55.9 Å². The number of hydrogen-bond acceptors (Lipinski definition) is 10. The Morgan fingerprint density at radius 3 is 2.58 bits per heavy atom. The van der Waals surface area contributed by atoms with E-state index in [4.69, 9.17) is 20.8 Å². The van der Waals surface area contributed by atoms with E-state index in [-0.39, 0.29) is 18.0 Å². The molecule has 3 aliphatic rings. The number of aliphatic hydroxyl groups is 2. The number of rotatable bonds is 3. The van der Waals surface area contributed by atoms with Crippen molar-refractivity contribution in [3.8, 4) is 0 Å². The summed E-state index contributed by atoms with van der Waals surface area (Å²) in [6.45, 7) is 3.39. The average Bonchev–Trinajstić information content (AvgIpc) is 2.86. The first-order valence-electron chi connectivity index (χ1n) is 7.41. The van der Waals surface area contributed by atoms with Gasteiger partial charge in [-0.05, 0) is 13.3 Å². The maximum atomic E-state index is 11.4. The van der Waals surface area contributed by atoms with E-state index >= 15 is 0 Å². The second kappa shape index (κ2) is 4.92. The summed E-state index contributed by atoms with van der Waals surface area (Å²) in [5, 5.41) is 32.5. The third kappa shape index (κ3) is 2.02. The van der Waals surface area contributed by atoms with Crippen LogP contribution >= 0.6 is 0 Å². The Hall–Kier alpha value is -1.67. The highest BCUT2D eigenvalue weighted by Gasteiger charge is 2.77. The van der Waals surface area contributed by atoms with Crippen LogP contribution in [0.25, 0.3) is 0 Å². The maximum Gasteiger partial charge on any atom is 0.346 e. The lowest BCUT2D eigenvalue weighted by atomic mass is 9.85. The fourth-order valence-corrected chi connectivity index (χ4v) is 4.57. The summed E-state index contributed by atoms with van der Waals surface area (Å²) >= 11 is 0. The third-order valence-electron chi connectivity index (χ3n) is 4.86. The normalized spacial score (nSPS) is 40.5. The summed E-state index contributed by atoms with van der Waals surface area (Å²) in [6, 6.07) is -1.96. The lowest BCUT2D eigenvalue weighted by Gasteiger charge is -2.43. The van der Waals surface area contributed by atoms with Crippen molar-refractivity contribution in [1.82, 2.24) is 10.6 Å². The molecule has 0 radical (unpaired) electrons. The Balaban J connectivity index is 2.21. The largest absolute Gasteiger partial charge is 0.370 e. The summed E-state index contributed by atoms with van der Waals surface area (Å²) in [5.74, 6) is -2.60. The minimum atomic E-state index is -4.45.